The molecule has 0 fully saturated rings. The number of aryl methyl sites for hydroxylation is 2. The predicted octanol–water partition coefficient (Wildman–Crippen LogP) is 3.13. The van der Waals surface area contributed by atoms with Crippen LogP contribution in [0.2, 0.25) is 0 Å². The van der Waals surface area contributed by atoms with Crippen molar-refractivity contribution < 1.29 is 16.5 Å². The fourth-order valence-corrected chi connectivity index (χ4v) is 2.00. The van der Waals surface area contributed by atoms with Gasteiger partial charge in [-0.1, -0.05) is 32.0 Å². The van der Waals surface area contributed by atoms with Crippen LogP contribution in [0.3, 0.4) is 0 Å². The molecule has 1 heterocycles. The van der Waals surface area contributed by atoms with E-state index in [1.54, 1.807) is 0 Å². The van der Waals surface area contributed by atoms with Gasteiger partial charge >= 0.3 is 0 Å². The summed E-state index contributed by atoms with van der Waals surface area (Å²) in [6, 6.07) is 6.34. The molecule has 0 N–H and O–H groups in total. The van der Waals surface area contributed by atoms with Gasteiger partial charge in [0.2, 0.25) is 0 Å². The van der Waals surface area contributed by atoms with Crippen LogP contribution < -0.4 is 0 Å². The topological polar surface area (TPSA) is 51.0 Å². The fraction of sp³-hybridized carbons (Fsp3) is 0.333. The fourth-order valence-electron chi connectivity index (χ4n) is 2.00. The summed E-state index contributed by atoms with van der Waals surface area (Å²) in [5.41, 5.74) is 4.39. The van der Waals surface area contributed by atoms with Crippen LogP contribution in [0.25, 0.3) is 0 Å². The number of benzene rings is 1. The third kappa shape index (κ3) is 3.70. The third-order valence-corrected chi connectivity index (χ3v) is 3.06. The maximum atomic E-state index is 4.73. The second-order valence-electron chi connectivity index (χ2n) is 4.29. The van der Waals surface area contributed by atoms with Crippen molar-refractivity contribution in [3.05, 3.63) is 47.8 Å². The van der Waals surface area contributed by atoms with Gasteiger partial charge in [0.15, 0.2) is 5.82 Å². The smallest absolute Gasteiger partial charge is 0.176 e. The van der Waals surface area contributed by atoms with E-state index in [0.717, 1.165) is 24.2 Å². The van der Waals surface area contributed by atoms with Crippen LogP contribution in [0.5, 0.6) is 0 Å². The summed E-state index contributed by atoms with van der Waals surface area (Å²) in [5.74, 6) is 0.628. The Balaban J connectivity index is 0.00000200. The molecule has 0 aliphatic carbocycles. The van der Waals surface area contributed by atoms with E-state index in [1.165, 1.54) is 23.8 Å². The second-order valence-corrected chi connectivity index (χ2v) is 4.29. The number of aromatic nitrogens is 3. The number of para-hydroxylation sites is 1. The molecule has 108 valence electrons. The summed E-state index contributed by atoms with van der Waals surface area (Å²) in [7, 11) is 0. The van der Waals surface area contributed by atoms with E-state index < -0.39 is 0 Å². The van der Waals surface area contributed by atoms with Crippen molar-refractivity contribution >= 4 is 11.4 Å². The zero-order valence-electron chi connectivity index (χ0n) is 11.9. The van der Waals surface area contributed by atoms with Gasteiger partial charge in [-0.05, 0) is 30.9 Å². The molecule has 1 aromatic heterocycles. The molecule has 0 atom stereocenters. The summed E-state index contributed by atoms with van der Waals surface area (Å²) in [6.07, 6.45) is 4.93. The molecule has 0 radical (unpaired) electrons. The van der Waals surface area contributed by atoms with Crippen LogP contribution >= 0.6 is 0 Å². The SMILES string of the molecule is CCc1cccc(CC)c1N=C(C)c1ncncn1.[Ni]. The van der Waals surface area contributed by atoms with Crippen molar-refractivity contribution in [2.75, 3.05) is 0 Å². The van der Waals surface area contributed by atoms with Gasteiger partial charge < -0.3 is 0 Å². The largest absolute Gasteiger partial charge is 0.249 e. The maximum Gasteiger partial charge on any atom is 0.176 e. The number of hydrogen-bond acceptors (Lipinski definition) is 4. The number of hydrogen-bond donors (Lipinski definition) is 0. The van der Waals surface area contributed by atoms with Crippen LogP contribution in [0.1, 0.15) is 37.7 Å². The van der Waals surface area contributed by atoms with Crippen molar-refractivity contribution in [2.45, 2.75) is 33.6 Å². The van der Waals surface area contributed by atoms with Gasteiger partial charge in [0.25, 0.3) is 0 Å². The van der Waals surface area contributed by atoms with Gasteiger partial charge in [0, 0.05) is 16.5 Å². The van der Waals surface area contributed by atoms with Crippen molar-refractivity contribution in [1.82, 2.24) is 15.0 Å². The molecule has 0 bridgehead atoms. The Hall–Kier alpha value is -1.61. The van der Waals surface area contributed by atoms with Crippen molar-refractivity contribution in [3.8, 4) is 0 Å². The van der Waals surface area contributed by atoms with Crippen LogP contribution in [-0.4, -0.2) is 20.7 Å². The first-order valence-electron chi connectivity index (χ1n) is 6.54. The molecule has 1 aromatic carbocycles. The summed E-state index contributed by atoms with van der Waals surface area (Å²) in [4.78, 5) is 16.8. The van der Waals surface area contributed by atoms with E-state index in [4.69, 9.17) is 4.99 Å². The Morgan fingerprint density at radius 1 is 1.05 bits per heavy atom. The Labute approximate surface area is 129 Å². The van der Waals surface area contributed by atoms with Gasteiger partial charge in [-0.2, -0.15) is 0 Å². The quantitative estimate of drug-likeness (QED) is 0.644. The second kappa shape index (κ2) is 7.86. The third-order valence-electron chi connectivity index (χ3n) is 3.06. The molecule has 0 aliphatic rings. The van der Waals surface area contributed by atoms with Crippen LogP contribution in [0.15, 0.2) is 35.8 Å². The molecule has 0 saturated carbocycles. The van der Waals surface area contributed by atoms with E-state index in [9.17, 15) is 0 Å². The zero-order valence-corrected chi connectivity index (χ0v) is 12.9. The van der Waals surface area contributed by atoms with E-state index in [0.29, 0.717) is 5.82 Å². The molecule has 0 aliphatic heterocycles. The Morgan fingerprint density at radius 2 is 1.60 bits per heavy atom. The van der Waals surface area contributed by atoms with Gasteiger partial charge in [-0.3, -0.25) is 0 Å². The summed E-state index contributed by atoms with van der Waals surface area (Å²) >= 11 is 0. The molecule has 4 nitrogen and oxygen atoms in total. The van der Waals surface area contributed by atoms with E-state index >= 15 is 0 Å². The Kier molecular flexibility index (Phi) is 6.46. The molecular weight excluding hydrogens is 295 g/mol. The van der Waals surface area contributed by atoms with Gasteiger partial charge in [0.1, 0.15) is 12.7 Å². The van der Waals surface area contributed by atoms with Crippen LogP contribution in [0.4, 0.5) is 5.69 Å². The van der Waals surface area contributed by atoms with E-state index in [2.05, 4.69) is 47.0 Å². The minimum absolute atomic E-state index is 0. The first kappa shape index (κ1) is 16.4. The zero-order chi connectivity index (χ0) is 13.7. The molecule has 0 spiro atoms. The van der Waals surface area contributed by atoms with E-state index in [-0.39, 0.29) is 16.5 Å². The number of rotatable bonds is 4. The van der Waals surface area contributed by atoms with Gasteiger partial charge in [0.05, 0.1) is 11.4 Å². The Bertz CT molecular complexity index is 559. The van der Waals surface area contributed by atoms with Crippen molar-refractivity contribution in [3.63, 3.8) is 0 Å². The van der Waals surface area contributed by atoms with Gasteiger partial charge in [-0.25, -0.2) is 19.9 Å². The minimum Gasteiger partial charge on any atom is -0.249 e. The number of nitrogens with zero attached hydrogens (tertiary/aromatic N) is 4. The van der Waals surface area contributed by atoms with Crippen molar-refractivity contribution in [2.24, 2.45) is 4.99 Å². The van der Waals surface area contributed by atoms with Crippen LogP contribution in [0, 0.1) is 0 Å². The predicted molar refractivity (Wildman–Crippen MR) is 76.9 cm³/mol. The molecule has 20 heavy (non-hydrogen) atoms. The maximum absolute atomic E-state index is 4.73. The number of aliphatic imine (C=N–C) groups is 1. The summed E-state index contributed by atoms with van der Waals surface area (Å²) in [5, 5.41) is 0. The Morgan fingerprint density at radius 3 is 2.10 bits per heavy atom. The molecule has 0 unspecified atom stereocenters. The molecule has 0 saturated heterocycles. The molecule has 2 aromatic rings. The standard InChI is InChI=1S/C15H18N4.Ni/c1-4-12-7-6-8-13(5-2)14(12)19-11(3)15-17-9-16-10-18-15;/h6-10H,4-5H2,1-3H3;. The average molecular weight is 313 g/mol. The average Bonchev–Trinajstić information content (AvgIpc) is 2.48. The first-order chi connectivity index (χ1) is 9.26. The minimum atomic E-state index is 0. The van der Waals surface area contributed by atoms with Gasteiger partial charge in [-0.15, -0.1) is 0 Å². The van der Waals surface area contributed by atoms with Crippen LogP contribution in [-0.2, 0) is 29.3 Å². The van der Waals surface area contributed by atoms with E-state index in [1.807, 2.05) is 6.92 Å². The monoisotopic (exact) mass is 312 g/mol. The van der Waals surface area contributed by atoms with Crippen molar-refractivity contribution in [1.29, 1.82) is 0 Å². The molecular formula is C15H18N4Ni. The molecule has 5 heteroatoms. The normalized spacial score (nSPS) is 11.1. The first-order valence-corrected chi connectivity index (χ1v) is 6.54. The summed E-state index contributed by atoms with van der Waals surface area (Å²) < 4.78 is 0. The molecule has 0 amide bonds. The molecule has 2 rings (SSSR count). The summed E-state index contributed by atoms with van der Waals surface area (Å²) in [6.45, 7) is 6.22.